The minimum Gasteiger partial charge on any atom is -0.337 e. The molecule has 132 valence electrons. The lowest BCUT2D eigenvalue weighted by Gasteiger charge is -2.20. The Morgan fingerprint density at radius 1 is 1.12 bits per heavy atom. The van der Waals surface area contributed by atoms with E-state index < -0.39 is 0 Å². The second-order valence-corrected chi connectivity index (χ2v) is 7.67. The lowest BCUT2D eigenvalue weighted by atomic mass is 10.1. The summed E-state index contributed by atoms with van der Waals surface area (Å²) in [6.45, 7) is 7.78. The number of amides is 1. The third-order valence-electron chi connectivity index (χ3n) is 4.54. The van der Waals surface area contributed by atoms with Gasteiger partial charge < -0.3 is 10.2 Å². The van der Waals surface area contributed by atoms with Crippen molar-refractivity contribution in [1.29, 1.82) is 0 Å². The summed E-state index contributed by atoms with van der Waals surface area (Å²) in [4.78, 5) is 16.1. The summed E-state index contributed by atoms with van der Waals surface area (Å²) in [6, 6.07) is 14.7. The third-order valence-corrected chi connectivity index (χ3v) is 5.77. The second kappa shape index (κ2) is 8.54. The zero-order valence-electron chi connectivity index (χ0n) is 15.0. The predicted molar refractivity (Wildman–Crippen MR) is 105 cm³/mol. The van der Waals surface area contributed by atoms with Crippen molar-refractivity contribution in [3.05, 3.63) is 64.7 Å². The number of aryl methyl sites for hydroxylation is 2. The third kappa shape index (κ3) is 4.86. The fraction of sp³-hybridized carbons (Fsp3) is 0.381. The van der Waals surface area contributed by atoms with Crippen molar-refractivity contribution in [2.45, 2.75) is 30.9 Å². The second-order valence-electron chi connectivity index (χ2n) is 6.65. The number of hydrogen-bond acceptors (Lipinski definition) is 3. The van der Waals surface area contributed by atoms with Crippen LogP contribution in [0.1, 0.15) is 33.5 Å². The molecular weight excluding hydrogens is 328 g/mol. The van der Waals surface area contributed by atoms with Crippen LogP contribution in [0.4, 0.5) is 0 Å². The highest BCUT2D eigenvalue weighted by molar-refractivity contribution is 7.98. The van der Waals surface area contributed by atoms with Crippen LogP contribution in [0.25, 0.3) is 0 Å². The minimum atomic E-state index is 0.155. The molecule has 25 heavy (non-hydrogen) atoms. The van der Waals surface area contributed by atoms with E-state index in [0.717, 1.165) is 43.9 Å². The maximum atomic E-state index is 12.8. The molecule has 2 aromatic rings. The Balaban J connectivity index is 1.68. The highest BCUT2D eigenvalue weighted by Crippen LogP contribution is 2.27. The Labute approximate surface area is 154 Å². The molecule has 0 unspecified atom stereocenters. The van der Waals surface area contributed by atoms with Crippen LogP contribution in [0.5, 0.6) is 0 Å². The topological polar surface area (TPSA) is 32.3 Å². The van der Waals surface area contributed by atoms with Crippen molar-refractivity contribution in [3.63, 3.8) is 0 Å². The Hall–Kier alpha value is -1.78. The fourth-order valence-corrected chi connectivity index (χ4v) is 4.12. The summed E-state index contributed by atoms with van der Waals surface area (Å²) in [6.07, 6.45) is 1.02. The van der Waals surface area contributed by atoms with E-state index in [2.05, 4.69) is 49.5 Å². The van der Waals surface area contributed by atoms with E-state index in [4.69, 9.17) is 0 Å². The van der Waals surface area contributed by atoms with Gasteiger partial charge in [0.25, 0.3) is 5.91 Å². The molecule has 0 spiro atoms. The van der Waals surface area contributed by atoms with Crippen molar-refractivity contribution in [3.8, 4) is 0 Å². The van der Waals surface area contributed by atoms with Crippen LogP contribution < -0.4 is 5.32 Å². The van der Waals surface area contributed by atoms with Gasteiger partial charge in [0.15, 0.2) is 0 Å². The molecule has 1 N–H and O–H groups in total. The van der Waals surface area contributed by atoms with Crippen molar-refractivity contribution in [1.82, 2.24) is 10.2 Å². The molecule has 0 saturated carbocycles. The quantitative estimate of drug-likeness (QED) is 0.842. The molecule has 1 fully saturated rings. The van der Waals surface area contributed by atoms with Gasteiger partial charge in [-0.05, 0) is 56.1 Å². The Bertz CT molecular complexity index is 736. The maximum Gasteiger partial charge on any atom is 0.253 e. The van der Waals surface area contributed by atoms with E-state index in [1.165, 1.54) is 21.6 Å². The van der Waals surface area contributed by atoms with Crippen molar-refractivity contribution in [2.75, 3.05) is 26.2 Å². The van der Waals surface area contributed by atoms with Crippen molar-refractivity contribution < 1.29 is 4.79 Å². The fourth-order valence-electron chi connectivity index (χ4n) is 3.05. The highest BCUT2D eigenvalue weighted by Gasteiger charge is 2.17. The summed E-state index contributed by atoms with van der Waals surface area (Å²) in [5.41, 5.74) is 4.59. The number of nitrogens with one attached hydrogen (secondary N) is 1. The van der Waals surface area contributed by atoms with Crippen molar-refractivity contribution in [2.24, 2.45) is 0 Å². The first-order valence-corrected chi connectivity index (χ1v) is 9.91. The smallest absolute Gasteiger partial charge is 0.253 e. The first-order chi connectivity index (χ1) is 12.1. The van der Waals surface area contributed by atoms with Gasteiger partial charge in [-0.1, -0.05) is 29.8 Å². The minimum absolute atomic E-state index is 0.155. The van der Waals surface area contributed by atoms with Gasteiger partial charge in [0.1, 0.15) is 0 Å². The molecule has 0 bridgehead atoms. The molecule has 1 saturated heterocycles. The summed E-state index contributed by atoms with van der Waals surface area (Å²) in [5.74, 6) is 1.04. The molecule has 1 aliphatic heterocycles. The summed E-state index contributed by atoms with van der Waals surface area (Å²) >= 11 is 1.84. The van der Waals surface area contributed by atoms with Gasteiger partial charge >= 0.3 is 0 Å². The van der Waals surface area contributed by atoms with Crippen LogP contribution in [0.3, 0.4) is 0 Å². The van der Waals surface area contributed by atoms with Crippen LogP contribution in [0.2, 0.25) is 0 Å². The van der Waals surface area contributed by atoms with E-state index >= 15 is 0 Å². The van der Waals surface area contributed by atoms with Gasteiger partial charge in [0.05, 0.1) is 0 Å². The number of hydrogen-bond donors (Lipinski definition) is 1. The number of carbonyl (C=O) groups is 1. The standard InChI is InChI=1S/C21H26N2OS/c1-16-7-8-17(2)20(13-16)25-15-18-5-3-6-19(14-18)21(24)23-11-4-9-22-10-12-23/h3,5-8,13-14,22H,4,9-12,15H2,1-2H3. The zero-order chi connectivity index (χ0) is 17.6. The molecule has 3 nitrogen and oxygen atoms in total. The van der Waals surface area contributed by atoms with Crippen LogP contribution in [0.15, 0.2) is 47.4 Å². The van der Waals surface area contributed by atoms with Crippen LogP contribution in [0, 0.1) is 13.8 Å². The Morgan fingerprint density at radius 3 is 2.88 bits per heavy atom. The zero-order valence-corrected chi connectivity index (χ0v) is 15.9. The monoisotopic (exact) mass is 354 g/mol. The van der Waals surface area contributed by atoms with Gasteiger partial charge in [0, 0.05) is 35.8 Å². The first kappa shape index (κ1) is 18.0. The maximum absolute atomic E-state index is 12.8. The van der Waals surface area contributed by atoms with E-state index in [1.807, 2.05) is 28.8 Å². The number of rotatable bonds is 4. The van der Waals surface area contributed by atoms with Gasteiger partial charge in [0.2, 0.25) is 0 Å². The average molecular weight is 355 g/mol. The molecule has 0 atom stereocenters. The van der Waals surface area contributed by atoms with Gasteiger partial charge in [-0.2, -0.15) is 0 Å². The van der Waals surface area contributed by atoms with Gasteiger partial charge in [-0.25, -0.2) is 0 Å². The molecular formula is C21H26N2OS. The van der Waals surface area contributed by atoms with E-state index in [-0.39, 0.29) is 5.91 Å². The Kier molecular flexibility index (Phi) is 6.16. The van der Waals surface area contributed by atoms with Crippen LogP contribution in [-0.4, -0.2) is 37.0 Å². The summed E-state index contributed by atoms with van der Waals surface area (Å²) < 4.78 is 0. The van der Waals surface area contributed by atoms with E-state index in [0.29, 0.717) is 0 Å². The molecule has 1 heterocycles. The van der Waals surface area contributed by atoms with Gasteiger partial charge in [-0.3, -0.25) is 4.79 Å². The van der Waals surface area contributed by atoms with Crippen molar-refractivity contribution >= 4 is 17.7 Å². The molecule has 0 radical (unpaired) electrons. The number of nitrogens with zero attached hydrogens (tertiary/aromatic N) is 1. The normalized spacial score (nSPS) is 15.0. The lowest BCUT2D eigenvalue weighted by Crippen LogP contribution is -2.34. The number of benzene rings is 2. The largest absolute Gasteiger partial charge is 0.337 e. The summed E-state index contributed by atoms with van der Waals surface area (Å²) in [5, 5.41) is 3.35. The lowest BCUT2D eigenvalue weighted by molar-refractivity contribution is 0.0766. The molecule has 0 aromatic heterocycles. The van der Waals surface area contributed by atoms with E-state index in [9.17, 15) is 4.79 Å². The highest BCUT2D eigenvalue weighted by atomic mass is 32.2. The molecule has 1 amide bonds. The molecule has 1 aliphatic rings. The van der Waals surface area contributed by atoms with E-state index in [1.54, 1.807) is 0 Å². The first-order valence-electron chi connectivity index (χ1n) is 8.92. The SMILES string of the molecule is Cc1ccc(C)c(SCc2cccc(C(=O)N3CCCNCC3)c2)c1. The number of thioether (sulfide) groups is 1. The summed E-state index contributed by atoms with van der Waals surface area (Å²) in [7, 11) is 0. The molecule has 2 aromatic carbocycles. The van der Waals surface area contributed by atoms with Gasteiger partial charge in [-0.15, -0.1) is 11.8 Å². The Morgan fingerprint density at radius 2 is 2.00 bits per heavy atom. The molecule has 0 aliphatic carbocycles. The molecule has 3 rings (SSSR count). The average Bonchev–Trinajstić information content (AvgIpc) is 2.91. The van der Waals surface area contributed by atoms with Crippen LogP contribution in [-0.2, 0) is 5.75 Å². The molecule has 4 heteroatoms. The predicted octanol–water partition coefficient (Wildman–Crippen LogP) is 4.03. The number of carbonyl (C=O) groups excluding carboxylic acids is 1. The van der Waals surface area contributed by atoms with Crippen LogP contribution >= 0.6 is 11.8 Å².